The molecule has 0 N–H and O–H groups in total. The quantitative estimate of drug-likeness (QED) is 0.552. The number of hydrogen-bond acceptors (Lipinski definition) is 1. The molecule has 1 heteroatoms. The summed E-state index contributed by atoms with van der Waals surface area (Å²) >= 11 is 0. The molecule has 2 saturated heterocycles. The van der Waals surface area contributed by atoms with Gasteiger partial charge in [0, 0.05) is 5.54 Å². The Morgan fingerprint density at radius 3 is 2.62 bits per heavy atom. The Morgan fingerprint density at radius 2 is 1.62 bits per heavy atom. The smallest absolute Gasteiger partial charge is 0.0238 e. The molecule has 0 aromatic heterocycles. The van der Waals surface area contributed by atoms with Crippen LogP contribution in [0.2, 0.25) is 0 Å². The van der Waals surface area contributed by atoms with E-state index in [1.165, 1.54) is 64.5 Å². The molecule has 1 nitrogen and oxygen atoms in total. The second kappa shape index (κ2) is 2.98. The maximum Gasteiger partial charge on any atom is 0.0238 e. The van der Waals surface area contributed by atoms with Crippen molar-refractivity contribution in [1.29, 1.82) is 0 Å². The Kier molecular flexibility index (Phi) is 1.90. The standard InChI is InChI=1S/C12H21N/c1-2-9-13-10-4-8-12(13)7-3-6-11(12)5-1/h11H,1-10H2. The Balaban J connectivity index is 1.92. The molecule has 1 spiro atoms. The normalized spacial score (nSPS) is 45.7. The zero-order valence-electron chi connectivity index (χ0n) is 8.60. The van der Waals surface area contributed by atoms with Crippen molar-refractivity contribution >= 4 is 0 Å². The summed E-state index contributed by atoms with van der Waals surface area (Å²) in [4.78, 5) is 2.86. The first kappa shape index (κ1) is 8.28. The molecule has 13 heavy (non-hydrogen) atoms. The van der Waals surface area contributed by atoms with Crippen LogP contribution in [0.5, 0.6) is 0 Å². The molecule has 3 aliphatic rings. The molecule has 2 heterocycles. The van der Waals surface area contributed by atoms with Gasteiger partial charge < -0.3 is 0 Å². The monoisotopic (exact) mass is 179 g/mol. The van der Waals surface area contributed by atoms with E-state index < -0.39 is 0 Å². The fourth-order valence-electron chi connectivity index (χ4n) is 4.27. The third-order valence-corrected chi connectivity index (χ3v) is 4.82. The van der Waals surface area contributed by atoms with Gasteiger partial charge in [0.2, 0.25) is 0 Å². The summed E-state index contributed by atoms with van der Waals surface area (Å²) in [5, 5.41) is 0. The molecule has 2 unspecified atom stereocenters. The van der Waals surface area contributed by atoms with Crippen LogP contribution in [0.4, 0.5) is 0 Å². The topological polar surface area (TPSA) is 3.24 Å². The zero-order valence-corrected chi connectivity index (χ0v) is 8.60. The van der Waals surface area contributed by atoms with E-state index >= 15 is 0 Å². The summed E-state index contributed by atoms with van der Waals surface area (Å²) in [7, 11) is 0. The minimum atomic E-state index is 0.719. The van der Waals surface area contributed by atoms with Gasteiger partial charge in [-0.1, -0.05) is 12.8 Å². The molecule has 0 bridgehead atoms. The van der Waals surface area contributed by atoms with Gasteiger partial charge in [0.15, 0.2) is 0 Å². The maximum absolute atomic E-state index is 2.86. The molecule has 0 amide bonds. The van der Waals surface area contributed by atoms with Crippen molar-refractivity contribution in [2.45, 2.75) is 56.9 Å². The predicted molar refractivity (Wildman–Crippen MR) is 54.7 cm³/mol. The highest BCUT2D eigenvalue weighted by Crippen LogP contribution is 2.50. The van der Waals surface area contributed by atoms with E-state index in [9.17, 15) is 0 Å². The van der Waals surface area contributed by atoms with Gasteiger partial charge in [-0.2, -0.15) is 0 Å². The van der Waals surface area contributed by atoms with Crippen LogP contribution in [0.25, 0.3) is 0 Å². The summed E-state index contributed by atoms with van der Waals surface area (Å²) in [6.45, 7) is 2.83. The van der Waals surface area contributed by atoms with Crippen LogP contribution in [0, 0.1) is 5.92 Å². The van der Waals surface area contributed by atoms with Crippen LogP contribution in [0.1, 0.15) is 51.4 Å². The van der Waals surface area contributed by atoms with Crippen molar-refractivity contribution in [2.24, 2.45) is 5.92 Å². The van der Waals surface area contributed by atoms with E-state index in [-0.39, 0.29) is 0 Å². The second-order valence-electron chi connectivity index (χ2n) is 5.28. The molecule has 0 radical (unpaired) electrons. The first-order valence-corrected chi connectivity index (χ1v) is 6.17. The molecule has 2 atom stereocenters. The summed E-state index contributed by atoms with van der Waals surface area (Å²) < 4.78 is 0. The van der Waals surface area contributed by atoms with Crippen LogP contribution in [0.15, 0.2) is 0 Å². The largest absolute Gasteiger partial charge is 0.297 e. The number of rotatable bonds is 0. The predicted octanol–water partition coefficient (Wildman–Crippen LogP) is 2.81. The average Bonchev–Trinajstić information content (AvgIpc) is 2.70. The molecule has 1 saturated carbocycles. The van der Waals surface area contributed by atoms with Crippen molar-refractivity contribution in [2.75, 3.05) is 13.1 Å². The van der Waals surface area contributed by atoms with Crippen LogP contribution >= 0.6 is 0 Å². The highest BCUT2D eigenvalue weighted by atomic mass is 15.2. The first-order chi connectivity index (χ1) is 6.42. The Labute approximate surface area is 81.5 Å². The van der Waals surface area contributed by atoms with E-state index in [0.717, 1.165) is 11.5 Å². The van der Waals surface area contributed by atoms with Crippen molar-refractivity contribution < 1.29 is 0 Å². The Morgan fingerprint density at radius 1 is 0.846 bits per heavy atom. The van der Waals surface area contributed by atoms with E-state index in [4.69, 9.17) is 0 Å². The minimum absolute atomic E-state index is 0.719. The zero-order chi connectivity index (χ0) is 8.73. The lowest BCUT2D eigenvalue weighted by Gasteiger charge is -2.38. The summed E-state index contributed by atoms with van der Waals surface area (Å²) in [5.41, 5.74) is 0.719. The molecule has 3 rings (SSSR count). The third-order valence-electron chi connectivity index (χ3n) is 4.82. The van der Waals surface area contributed by atoms with Gasteiger partial charge in [-0.15, -0.1) is 0 Å². The Hall–Kier alpha value is -0.0400. The maximum atomic E-state index is 2.86. The van der Waals surface area contributed by atoms with E-state index in [1.54, 1.807) is 0 Å². The molecule has 2 aliphatic heterocycles. The van der Waals surface area contributed by atoms with Crippen molar-refractivity contribution in [1.82, 2.24) is 4.90 Å². The third kappa shape index (κ3) is 1.09. The van der Waals surface area contributed by atoms with E-state index in [2.05, 4.69) is 4.90 Å². The van der Waals surface area contributed by atoms with Crippen LogP contribution < -0.4 is 0 Å². The lowest BCUT2D eigenvalue weighted by atomic mass is 9.83. The molecule has 0 aromatic rings. The van der Waals surface area contributed by atoms with Gasteiger partial charge in [0.05, 0.1) is 0 Å². The molecule has 3 fully saturated rings. The van der Waals surface area contributed by atoms with Crippen molar-refractivity contribution in [3.05, 3.63) is 0 Å². The highest BCUT2D eigenvalue weighted by Gasteiger charge is 2.49. The molecule has 0 aromatic carbocycles. The SMILES string of the molecule is C1CCN2CCCC23CCCC3C1. The fraction of sp³-hybridized carbons (Fsp3) is 1.00. The fourth-order valence-corrected chi connectivity index (χ4v) is 4.27. The van der Waals surface area contributed by atoms with E-state index in [1.807, 2.05) is 0 Å². The average molecular weight is 179 g/mol. The van der Waals surface area contributed by atoms with Gasteiger partial charge in [-0.3, -0.25) is 4.90 Å². The lowest BCUT2D eigenvalue weighted by molar-refractivity contribution is 0.108. The highest BCUT2D eigenvalue weighted by molar-refractivity contribution is 5.05. The minimum Gasteiger partial charge on any atom is -0.297 e. The van der Waals surface area contributed by atoms with Crippen molar-refractivity contribution in [3.63, 3.8) is 0 Å². The molecular weight excluding hydrogens is 158 g/mol. The van der Waals surface area contributed by atoms with Gasteiger partial charge in [-0.05, 0) is 57.5 Å². The number of nitrogens with zero attached hydrogens (tertiary/aromatic N) is 1. The molecule has 1 aliphatic carbocycles. The van der Waals surface area contributed by atoms with Gasteiger partial charge in [0.1, 0.15) is 0 Å². The van der Waals surface area contributed by atoms with Gasteiger partial charge in [0.25, 0.3) is 0 Å². The van der Waals surface area contributed by atoms with Gasteiger partial charge >= 0.3 is 0 Å². The van der Waals surface area contributed by atoms with Crippen molar-refractivity contribution in [3.8, 4) is 0 Å². The van der Waals surface area contributed by atoms with Crippen LogP contribution in [-0.4, -0.2) is 23.5 Å². The first-order valence-electron chi connectivity index (χ1n) is 6.17. The summed E-state index contributed by atoms with van der Waals surface area (Å²) in [6, 6.07) is 0. The molecule has 74 valence electrons. The number of hydrogen-bond donors (Lipinski definition) is 0. The Bertz CT molecular complexity index is 177. The lowest BCUT2D eigenvalue weighted by Crippen LogP contribution is -2.45. The van der Waals surface area contributed by atoms with Crippen LogP contribution in [0.3, 0.4) is 0 Å². The summed E-state index contributed by atoms with van der Waals surface area (Å²) in [5.74, 6) is 1.08. The van der Waals surface area contributed by atoms with E-state index in [0.29, 0.717) is 0 Å². The molecular formula is C12H21N. The second-order valence-corrected chi connectivity index (χ2v) is 5.28. The summed E-state index contributed by atoms with van der Waals surface area (Å²) in [6.07, 6.45) is 12.1. The van der Waals surface area contributed by atoms with Crippen LogP contribution in [-0.2, 0) is 0 Å². The van der Waals surface area contributed by atoms with Gasteiger partial charge in [-0.25, -0.2) is 0 Å².